The van der Waals surface area contributed by atoms with E-state index >= 15 is 0 Å². The summed E-state index contributed by atoms with van der Waals surface area (Å²) in [5.74, 6) is 2.07. The Bertz CT molecular complexity index is 598. The minimum atomic E-state index is 0.233. The number of para-hydroxylation sites is 1. The summed E-state index contributed by atoms with van der Waals surface area (Å²) in [4.78, 5) is 0. The van der Waals surface area contributed by atoms with Crippen LogP contribution >= 0.6 is 0 Å². The zero-order valence-electron chi connectivity index (χ0n) is 14.1. The molecule has 1 unspecified atom stereocenters. The van der Waals surface area contributed by atoms with Crippen LogP contribution in [0.1, 0.15) is 36.8 Å². The molecular weight excluding hydrogens is 286 g/mol. The lowest BCUT2D eigenvalue weighted by atomic mass is 9.91. The molecule has 0 spiro atoms. The molecule has 0 saturated carbocycles. The lowest BCUT2D eigenvalue weighted by Crippen LogP contribution is -2.16. The zero-order valence-corrected chi connectivity index (χ0v) is 14.1. The molecule has 0 radical (unpaired) electrons. The molecule has 2 N–H and O–H groups in total. The molecule has 0 aliphatic rings. The van der Waals surface area contributed by atoms with Gasteiger partial charge in [0.15, 0.2) is 0 Å². The van der Waals surface area contributed by atoms with Gasteiger partial charge in [0, 0.05) is 5.92 Å². The van der Waals surface area contributed by atoms with Crippen molar-refractivity contribution in [1.82, 2.24) is 0 Å². The van der Waals surface area contributed by atoms with E-state index in [9.17, 15) is 0 Å². The van der Waals surface area contributed by atoms with Gasteiger partial charge in [0.2, 0.25) is 0 Å². The molecule has 0 saturated heterocycles. The van der Waals surface area contributed by atoms with Gasteiger partial charge in [-0.05, 0) is 48.7 Å². The SMILES string of the molecule is CCCCOc1cccc(CC(CN)c2ccccc2OC)c1. The summed E-state index contributed by atoms with van der Waals surface area (Å²) in [6.45, 7) is 3.52. The van der Waals surface area contributed by atoms with Gasteiger partial charge in [-0.15, -0.1) is 0 Å². The summed E-state index contributed by atoms with van der Waals surface area (Å²) in [5.41, 5.74) is 8.42. The second-order valence-electron chi connectivity index (χ2n) is 5.73. The van der Waals surface area contributed by atoms with Crippen molar-refractivity contribution in [2.24, 2.45) is 5.73 Å². The van der Waals surface area contributed by atoms with Crippen molar-refractivity contribution in [3.05, 3.63) is 59.7 Å². The van der Waals surface area contributed by atoms with Crippen molar-refractivity contribution < 1.29 is 9.47 Å². The fourth-order valence-electron chi connectivity index (χ4n) is 2.71. The fraction of sp³-hybridized carbons (Fsp3) is 0.400. The standard InChI is InChI=1S/C20H27NO2/c1-3-4-12-23-18-9-7-8-16(14-18)13-17(15-21)19-10-5-6-11-20(19)22-2/h5-11,14,17H,3-4,12-13,15,21H2,1-2H3. The number of unbranched alkanes of at least 4 members (excludes halogenated alkanes) is 1. The van der Waals surface area contributed by atoms with Crippen LogP contribution in [-0.4, -0.2) is 20.3 Å². The van der Waals surface area contributed by atoms with Crippen molar-refractivity contribution in [1.29, 1.82) is 0 Å². The first-order valence-corrected chi connectivity index (χ1v) is 8.33. The van der Waals surface area contributed by atoms with Gasteiger partial charge in [0.1, 0.15) is 11.5 Å². The second kappa shape index (κ2) is 9.21. The topological polar surface area (TPSA) is 44.5 Å². The molecule has 0 aliphatic heterocycles. The van der Waals surface area contributed by atoms with Crippen LogP contribution in [0.4, 0.5) is 0 Å². The Morgan fingerprint density at radius 1 is 1.09 bits per heavy atom. The van der Waals surface area contributed by atoms with E-state index < -0.39 is 0 Å². The van der Waals surface area contributed by atoms with Crippen LogP contribution in [0.5, 0.6) is 11.5 Å². The monoisotopic (exact) mass is 313 g/mol. The minimum Gasteiger partial charge on any atom is -0.496 e. The lowest BCUT2D eigenvalue weighted by molar-refractivity contribution is 0.309. The summed E-state index contributed by atoms with van der Waals surface area (Å²) >= 11 is 0. The minimum absolute atomic E-state index is 0.233. The maximum Gasteiger partial charge on any atom is 0.122 e. The summed E-state index contributed by atoms with van der Waals surface area (Å²) in [5, 5.41) is 0. The molecule has 0 bridgehead atoms. The van der Waals surface area contributed by atoms with Crippen LogP contribution in [0.2, 0.25) is 0 Å². The van der Waals surface area contributed by atoms with Gasteiger partial charge in [0.05, 0.1) is 13.7 Å². The van der Waals surface area contributed by atoms with Gasteiger partial charge in [-0.25, -0.2) is 0 Å². The highest BCUT2D eigenvalue weighted by Crippen LogP contribution is 2.29. The molecule has 0 heterocycles. The third-order valence-electron chi connectivity index (χ3n) is 4.01. The van der Waals surface area contributed by atoms with Crippen LogP contribution in [-0.2, 0) is 6.42 Å². The highest BCUT2D eigenvalue weighted by molar-refractivity contribution is 5.38. The van der Waals surface area contributed by atoms with E-state index in [1.807, 2.05) is 30.3 Å². The third kappa shape index (κ3) is 5.00. The molecule has 124 valence electrons. The third-order valence-corrected chi connectivity index (χ3v) is 4.01. The summed E-state index contributed by atoms with van der Waals surface area (Å²) < 4.78 is 11.3. The molecule has 2 aromatic rings. The Labute approximate surface area is 139 Å². The highest BCUT2D eigenvalue weighted by atomic mass is 16.5. The number of ether oxygens (including phenoxy) is 2. The summed E-state index contributed by atoms with van der Waals surface area (Å²) in [7, 11) is 1.70. The Hall–Kier alpha value is -2.00. The van der Waals surface area contributed by atoms with Gasteiger partial charge in [0.25, 0.3) is 0 Å². The lowest BCUT2D eigenvalue weighted by Gasteiger charge is -2.18. The van der Waals surface area contributed by atoms with Gasteiger partial charge in [-0.2, -0.15) is 0 Å². The summed E-state index contributed by atoms with van der Waals surface area (Å²) in [6.07, 6.45) is 3.10. The number of benzene rings is 2. The van der Waals surface area contributed by atoms with Crippen LogP contribution in [0.3, 0.4) is 0 Å². The van der Waals surface area contributed by atoms with E-state index in [0.717, 1.165) is 42.9 Å². The Morgan fingerprint density at radius 2 is 1.91 bits per heavy atom. The average molecular weight is 313 g/mol. The normalized spacial score (nSPS) is 12.0. The van der Waals surface area contributed by atoms with E-state index in [0.29, 0.717) is 6.54 Å². The molecule has 0 aliphatic carbocycles. The van der Waals surface area contributed by atoms with E-state index in [4.69, 9.17) is 15.2 Å². The van der Waals surface area contributed by atoms with Crippen LogP contribution in [0, 0.1) is 0 Å². The molecule has 0 amide bonds. The van der Waals surface area contributed by atoms with E-state index in [-0.39, 0.29) is 5.92 Å². The van der Waals surface area contributed by atoms with Crippen molar-refractivity contribution in [3.63, 3.8) is 0 Å². The molecule has 3 heteroatoms. The van der Waals surface area contributed by atoms with Gasteiger partial charge in [-0.1, -0.05) is 43.7 Å². The van der Waals surface area contributed by atoms with Crippen molar-refractivity contribution in [2.75, 3.05) is 20.3 Å². The predicted octanol–water partition coefficient (Wildman–Crippen LogP) is 4.16. The predicted molar refractivity (Wildman–Crippen MR) is 95.3 cm³/mol. The van der Waals surface area contributed by atoms with E-state index in [2.05, 4.69) is 25.1 Å². The number of nitrogens with two attached hydrogens (primary N) is 1. The Morgan fingerprint density at radius 3 is 2.65 bits per heavy atom. The second-order valence-corrected chi connectivity index (χ2v) is 5.73. The van der Waals surface area contributed by atoms with Crippen LogP contribution in [0.25, 0.3) is 0 Å². The molecule has 3 nitrogen and oxygen atoms in total. The van der Waals surface area contributed by atoms with Crippen molar-refractivity contribution in [3.8, 4) is 11.5 Å². The van der Waals surface area contributed by atoms with Gasteiger partial charge < -0.3 is 15.2 Å². The largest absolute Gasteiger partial charge is 0.496 e. The first-order chi connectivity index (χ1) is 11.3. The molecule has 0 aromatic heterocycles. The van der Waals surface area contributed by atoms with E-state index in [1.54, 1.807) is 7.11 Å². The molecule has 2 rings (SSSR count). The number of hydrogen-bond donors (Lipinski definition) is 1. The maximum absolute atomic E-state index is 6.03. The van der Waals surface area contributed by atoms with Gasteiger partial charge in [-0.3, -0.25) is 0 Å². The number of rotatable bonds is 9. The maximum atomic E-state index is 6.03. The molecule has 0 fully saturated rings. The molecule has 2 aromatic carbocycles. The molecule has 1 atom stereocenters. The first-order valence-electron chi connectivity index (χ1n) is 8.33. The van der Waals surface area contributed by atoms with Crippen molar-refractivity contribution >= 4 is 0 Å². The average Bonchev–Trinajstić information content (AvgIpc) is 2.60. The van der Waals surface area contributed by atoms with Crippen LogP contribution < -0.4 is 15.2 Å². The quantitative estimate of drug-likeness (QED) is 0.707. The summed E-state index contributed by atoms with van der Waals surface area (Å²) in [6, 6.07) is 16.4. The number of methoxy groups -OCH3 is 1. The molecular formula is C20H27NO2. The van der Waals surface area contributed by atoms with Gasteiger partial charge >= 0.3 is 0 Å². The fourth-order valence-corrected chi connectivity index (χ4v) is 2.71. The van der Waals surface area contributed by atoms with E-state index in [1.165, 1.54) is 5.56 Å². The smallest absolute Gasteiger partial charge is 0.122 e. The number of hydrogen-bond acceptors (Lipinski definition) is 3. The first kappa shape index (κ1) is 17.4. The van der Waals surface area contributed by atoms with Crippen LogP contribution in [0.15, 0.2) is 48.5 Å². The van der Waals surface area contributed by atoms with Crippen molar-refractivity contribution in [2.45, 2.75) is 32.1 Å². The zero-order chi connectivity index (χ0) is 16.5. The molecule has 23 heavy (non-hydrogen) atoms. The Kier molecular flexibility index (Phi) is 6.95. The highest BCUT2D eigenvalue weighted by Gasteiger charge is 2.15. The Balaban J connectivity index is 2.11.